The third-order valence-electron chi connectivity index (χ3n) is 4.23. The smallest absolute Gasteiger partial charge is 0.270 e. The summed E-state index contributed by atoms with van der Waals surface area (Å²) in [5.41, 5.74) is 1.62. The first-order valence-corrected chi connectivity index (χ1v) is 10.1. The van der Waals surface area contributed by atoms with E-state index in [4.69, 9.17) is 0 Å². The molecular formula is C20H19N5O4S. The summed E-state index contributed by atoms with van der Waals surface area (Å²) in [4.78, 5) is 34.3. The summed E-state index contributed by atoms with van der Waals surface area (Å²) in [7, 11) is 0. The second kappa shape index (κ2) is 9.31. The van der Waals surface area contributed by atoms with Gasteiger partial charge in [0.1, 0.15) is 0 Å². The van der Waals surface area contributed by atoms with Gasteiger partial charge in [0.15, 0.2) is 16.8 Å². The molecule has 0 fully saturated rings. The first-order chi connectivity index (χ1) is 14.4. The van der Waals surface area contributed by atoms with Crippen LogP contribution in [0.1, 0.15) is 24.2 Å². The predicted octanol–water partition coefficient (Wildman–Crippen LogP) is 3.81. The number of Topliss-reactive ketones (excluding diaryl/α,β-unsaturated/α-hetero) is 1. The van der Waals surface area contributed by atoms with E-state index in [-0.39, 0.29) is 23.1 Å². The molecule has 9 nitrogen and oxygen atoms in total. The van der Waals surface area contributed by atoms with Crippen LogP contribution in [0.5, 0.6) is 0 Å². The largest absolute Gasteiger partial charge is 0.325 e. The molecule has 1 amide bonds. The zero-order chi connectivity index (χ0) is 21.7. The van der Waals surface area contributed by atoms with E-state index in [1.807, 2.05) is 6.92 Å². The van der Waals surface area contributed by atoms with Crippen LogP contribution in [0.25, 0.3) is 11.4 Å². The minimum atomic E-state index is -0.461. The number of non-ortho nitro benzene ring substituents is 1. The lowest BCUT2D eigenvalue weighted by molar-refractivity contribution is -0.384. The molecule has 0 radical (unpaired) electrons. The molecule has 0 unspecified atom stereocenters. The van der Waals surface area contributed by atoms with Crippen LogP contribution < -0.4 is 5.32 Å². The number of carbonyl (C=O) groups excluding carboxylic acids is 2. The molecule has 1 heterocycles. The molecule has 1 aromatic heterocycles. The maximum atomic E-state index is 12.3. The average Bonchev–Trinajstić information content (AvgIpc) is 3.15. The number of ketones is 1. The molecule has 0 saturated heterocycles. The van der Waals surface area contributed by atoms with Gasteiger partial charge in [-0.3, -0.25) is 19.7 Å². The van der Waals surface area contributed by atoms with Crippen molar-refractivity contribution in [3.63, 3.8) is 0 Å². The Morgan fingerprint density at radius 2 is 1.93 bits per heavy atom. The van der Waals surface area contributed by atoms with Gasteiger partial charge in [-0.2, -0.15) is 0 Å². The van der Waals surface area contributed by atoms with Crippen LogP contribution in [-0.2, 0) is 11.3 Å². The van der Waals surface area contributed by atoms with E-state index >= 15 is 0 Å². The van der Waals surface area contributed by atoms with E-state index in [0.29, 0.717) is 34.3 Å². The van der Waals surface area contributed by atoms with Crippen LogP contribution in [0.15, 0.2) is 53.7 Å². The molecule has 0 aliphatic carbocycles. The summed E-state index contributed by atoms with van der Waals surface area (Å²) in [6.07, 6.45) is 0. The lowest BCUT2D eigenvalue weighted by atomic mass is 10.1. The molecule has 0 bridgehead atoms. The molecule has 3 aromatic rings. The van der Waals surface area contributed by atoms with Crippen molar-refractivity contribution in [2.75, 3.05) is 11.1 Å². The van der Waals surface area contributed by atoms with Crippen LogP contribution in [0.3, 0.4) is 0 Å². The number of nitro benzene ring substituents is 1. The van der Waals surface area contributed by atoms with Gasteiger partial charge in [-0.05, 0) is 26.0 Å². The summed E-state index contributed by atoms with van der Waals surface area (Å²) in [5.74, 6) is 0.268. The Labute approximate surface area is 176 Å². The first kappa shape index (κ1) is 21.2. The van der Waals surface area contributed by atoms with Gasteiger partial charge in [0.2, 0.25) is 5.91 Å². The lowest BCUT2D eigenvalue weighted by Crippen LogP contribution is -2.15. The highest BCUT2D eigenvalue weighted by Crippen LogP contribution is 2.26. The summed E-state index contributed by atoms with van der Waals surface area (Å²) in [6.45, 7) is 3.91. The maximum Gasteiger partial charge on any atom is 0.270 e. The Kier molecular flexibility index (Phi) is 6.58. The third kappa shape index (κ3) is 4.90. The number of thioether (sulfide) groups is 1. The minimum absolute atomic E-state index is 0.0282. The van der Waals surface area contributed by atoms with Crippen molar-refractivity contribution in [3.05, 3.63) is 64.2 Å². The summed E-state index contributed by atoms with van der Waals surface area (Å²) >= 11 is 1.21. The molecule has 1 N–H and O–H groups in total. The number of nitrogens with zero attached hydrogens (tertiary/aromatic N) is 4. The van der Waals surface area contributed by atoms with Gasteiger partial charge in [-0.1, -0.05) is 36.0 Å². The van der Waals surface area contributed by atoms with Crippen molar-refractivity contribution < 1.29 is 14.5 Å². The number of rotatable bonds is 8. The highest BCUT2D eigenvalue weighted by atomic mass is 32.2. The summed E-state index contributed by atoms with van der Waals surface area (Å²) in [6, 6.07) is 12.9. The van der Waals surface area contributed by atoms with Crippen LogP contribution >= 0.6 is 11.8 Å². The fraction of sp³-hybridized carbons (Fsp3) is 0.200. The standard InChI is InChI=1S/C20H19N5O4S/c1-3-24-19(15-7-5-9-17(11-15)25(28)29)22-23-20(24)30-12-18(27)21-16-8-4-6-14(10-16)13(2)26/h4-11H,3,12H2,1-2H3,(H,21,27). The van der Waals surface area contributed by atoms with Crippen LogP contribution in [-0.4, -0.2) is 37.1 Å². The number of hydrogen-bond donors (Lipinski definition) is 1. The van der Waals surface area contributed by atoms with Crippen molar-refractivity contribution >= 4 is 34.8 Å². The van der Waals surface area contributed by atoms with Gasteiger partial charge in [-0.25, -0.2) is 0 Å². The number of anilines is 1. The Morgan fingerprint density at radius 1 is 1.17 bits per heavy atom. The predicted molar refractivity (Wildman–Crippen MR) is 114 cm³/mol. The SMILES string of the molecule is CCn1c(SCC(=O)Nc2cccc(C(C)=O)c2)nnc1-c1cccc([N+](=O)[O-])c1. The van der Waals surface area contributed by atoms with Crippen molar-refractivity contribution in [2.45, 2.75) is 25.5 Å². The summed E-state index contributed by atoms with van der Waals surface area (Å²) < 4.78 is 1.80. The van der Waals surface area contributed by atoms with Crippen molar-refractivity contribution in [1.82, 2.24) is 14.8 Å². The normalized spacial score (nSPS) is 10.6. The number of benzene rings is 2. The van der Waals surface area contributed by atoms with Gasteiger partial charge < -0.3 is 9.88 Å². The number of hydrogen-bond acceptors (Lipinski definition) is 7. The fourth-order valence-electron chi connectivity index (χ4n) is 2.80. The molecule has 0 aliphatic heterocycles. The quantitative estimate of drug-likeness (QED) is 0.252. The summed E-state index contributed by atoms with van der Waals surface area (Å²) in [5, 5.41) is 22.6. The second-order valence-electron chi connectivity index (χ2n) is 6.33. The molecule has 10 heteroatoms. The Morgan fingerprint density at radius 3 is 2.63 bits per heavy atom. The average molecular weight is 425 g/mol. The third-order valence-corrected chi connectivity index (χ3v) is 5.20. The van der Waals surface area contributed by atoms with Crippen molar-refractivity contribution in [2.24, 2.45) is 0 Å². The number of nitrogens with one attached hydrogen (secondary N) is 1. The molecule has 154 valence electrons. The zero-order valence-electron chi connectivity index (χ0n) is 16.4. The van der Waals surface area contributed by atoms with E-state index < -0.39 is 4.92 Å². The van der Waals surface area contributed by atoms with E-state index in [0.717, 1.165) is 0 Å². The van der Waals surface area contributed by atoms with Gasteiger partial charge >= 0.3 is 0 Å². The van der Waals surface area contributed by atoms with E-state index in [2.05, 4.69) is 15.5 Å². The topological polar surface area (TPSA) is 120 Å². The van der Waals surface area contributed by atoms with Crippen molar-refractivity contribution in [3.8, 4) is 11.4 Å². The Balaban J connectivity index is 1.71. The fourth-order valence-corrected chi connectivity index (χ4v) is 3.60. The zero-order valence-corrected chi connectivity index (χ0v) is 17.2. The Bertz CT molecular complexity index is 1110. The monoisotopic (exact) mass is 425 g/mol. The molecule has 30 heavy (non-hydrogen) atoms. The highest BCUT2D eigenvalue weighted by Gasteiger charge is 2.17. The van der Waals surface area contributed by atoms with E-state index in [1.54, 1.807) is 41.0 Å². The van der Waals surface area contributed by atoms with Gasteiger partial charge in [0.05, 0.1) is 10.7 Å². The lowest BCUT2D eigenvalue weighted by Gasteiger charge is -2.08. The number of nitro groups is 1. The van der Waals surface area contributed by atoms with Crippen molar-refractivity contribution in [1.29, 1.82) is 0 Å². The molecule has 0 aliphatic rings. The van der Waals surface area contributed by atoms with E-state index in [9.17, 15) is 19.7 Å². The molecule has 2 aromatic carbocycles. The van der Waals surface area contributed by atoms with Crippen LogP contribution in [0.2, 0.25) is 0 Å². The van der Waals surface area contributed by atoms with Gasteiger partial charge in [0.25, 0.3) is 5.69 Å². The Hall–Kier alpha value is -3.53. The molecular weight excluding hydrogens is 406 g/mol. The van der Waals surface area contributed by atoms with Crippen LogP contribution in [0.4, 0.5) is 11.4 Å². The first-order valence-electron chi connectivity index (χ1n) is 9.10. The van der Waals surface area contributed by atoms with E-state index in [1.165, 1.54) is 30.8 Å². The minimum Gasteiger partial charge on any atom is -0.325 e. The second-order valence-corrected chi connectivity index (χ2v) is 7.27. The molecule has 0 saturated carbocycles. The van der Waals surface area contributed by atoms with Gasteiger partial charge in [0, 0.05) is 35.5 Å². The number of carbonyl (C=O) groups is 2. The molecule has 0 atom stereocenters. The van der Waals surface area contributed by atoms with Gasteiger partial charge in [-0.15, -0.1) is 10.2 Å². The van der Waals surface area contributed by atoms with Crippen LogP contribution in [0, 0.1) is 10.1 Å². The molecule has 0 spiro atoms. The number of aromatic nitrogens is 3. The maximum absolute atomic E-state index is 12.3. The number of amides is 1. The highest BCUT2D eigenvalue weighted by molar-refractivity contribution is 7.99. The molecule has 3 rings (SSSR count).